The molecule has 0 N–H and O–H groups in total. The van der Waals surface area contributed by atoms with Crippen LogP contribution in [-0.4, -0.2) is 9.13 Å². The van der Waals surface area contributed by atoms with Crippen molar-refractivity contribution in [2.24, 2.45) is 0 Å². The van der Waals surface area contributed by atoms with Gasteiger partial charge in [0.2, 0.25) is 0 Å². The molecule has 11 rings (SSSR count). The molecule has 0 aliphatic heterocycles. The third-order valence-corrected chi connectivity index (χ3v) is 11.0. The lowest BCUT2D eigenvalue weighted by Gasteiger charge is -2.13. The van der Waals surface area contributed by atoms with Gasteiger partial charge in [-0.1, -0.05) is 113 Å². The highest BCUT2D eigenvalue weighted by molar-refractivity contribution is 9.10. The number of hydrogen-bond donors (Lipinski definition) is 0. The van der Waals surface area contributed by atoms with Gasteiger partial charge in [-0.05, 0) is 105 Å². The average Bonchev–Trinajstić information content (AvgIpc) is 3.78. The third-order valence-electron chi connectivity index (χ3n) is 10.5. The zero-order valence-electron chi connectivity index (χ0n) is 26.4. The smallest absolute Gasteiger partial charge is 0.0541 e. The summed E-state index contributed by atoms with van der Waals surface area (Å²) >= 11 is 3.71. The third kappa shape index (κ3) is 3.76. The van der Waals surface area contributed by atoms with Crippen molar-refractivity contribution in [3.63, 3.8) is 0 Å². The van der Waals surface area contributed by atoms with E-state index in [1.807, 2.05) is 0 Å². The minimum atomic E-state index is 1.11. The molecule has 0 unspecified atom stereocenters. The molecule has 2 heterocycles. The van der Waals surface area contributed by atoms with Gasteiger partial charge in [0.15, 0.2) is 0 Å². The number of halogens is 1. The predicted molar refractivity (Wildman–Crippen MR) is 210 cm³/mol. The Kier molecular flexibility index (Phi) is 5.56. The van der Waals surface area contributed by atoms with Crippen LogP contribution in [-0.2, 0) is 0 Å². The first-order valence-corrected chi connectivity index (χ1v) is 17.5. The first-order chi connectivity index (χ1) is 24.2. The summed E-state index contributed by atoms with van der Waals surface area (Å²) < 4.78 is 5.95. The summed E-state index contributed by atoms with van der Waals surface area (Å²) in [6.07, 6.45) is 0. The van der Waals surface area contributed by atoms with E-state index >= 15 is 0 Å². The zero-order valence-corrected chi connectivity index (χ0v) is 27.9. The van der Waals surface area contributed by atoms with Crippen molar-refractivity contribution in [1.82, 2.24) is 9.13 Å². The molecule has 0 amide bonds. The van der Waals surface area contributed by atoms with Gasteiger partial charge in [-0.2, -0.15) is 0 Å². The fourth-order valence-corrected chi connectivity index (χ4v) is 8.79. The summed E-state index contributed by atoms with van der Waals surface area (Å²) in [5.74, 6) is 0. The lowest BCUT2D eigenvalue weighted by atomic mass is 10.0. The van der Waals surface area contributed by atoms with Gasteiger partial charge in [0, 0.05) is 37.1 Å². The molecule has 8 aromatic carbocycles. The van der Waals surface area contributed by atoms with Crippen molar-refractivity contribution in [1.29, 1.82) is 0 Å². The van der Waals surface area contributed by atoms with E-state index in [0.29, 0.717) is 0 Å². The van der Waals surface area contributed by atoms with Gasteiger partial charge in [-0.3, -0.25) is 0 Å². The summed E-state index contributed by atoms with van der Waals surface area (Å²) in [6.45, 7) is 0. The molecule has 0 bridgehead atoms. The molecule has 2 nitrogen and oxygen atoms in total. The van der Waals surface area contributed by atoms with Gasteiger partial charge in [-0.25, -0.2) is 0 Å². The van der Waals surface area contributed by atoms with Crippen molar-refractivity contribution in [2.45, 2.75) is 0 Å². The second kappa shape index (κ2) is 10.1. The quantitative estimate of drug-likeness (QED) is 0.175. The van der Waals surface area contributed by atoms with Crippen LogP contribution < -0.4 is 0 Å². The summed E-state index contributed by atoms with van der Waals surface area (Å²) in [4.78, 5) is 0. The van der Waals surface area contributed by atoms with Gasteiger partial charge < -0.3 is 9.13 Å². The molecule has 228 valence electrons. The Labute approximate surface area is 291 Å². The second-order valence-electron chi connectivity index (χ2n) is 13.1. The van der Waals surface area contributed by atoms with Crippen molar-refractivity contribution in [2.75, 3.05) is 0 Å². The number of benzene rings is 8. The molecule has 1 aliphatic rings. The van der Waals surface area contributed by atoms with Crippen LogP contribution in [0.15, 0.2) is 168 Å². The van der Waals surface area contributed by atoms with E-state index in [-0.39, 0.29) is 0 Å². The van der Waals surface area contributed by atoms with E-state index < -0.39 is 0 Å². The molecule has 0 spiro atoms. The van der Waals surface area contributed by atoms with E-state index in [1.165, 1.54) is 99.1 Å². The fraction of sp³-hybridized carbons (Fsp3) is 0. The van der Waals surface area contributed by atoms with Crippen LogP contribution in [0.3, 0.4) is 0 Å². The Morgan fingerprint density at radius 3 is 1.65 bits per heavy atom. The maximum Gasteiger partial charge on any atom is 0.0541 e. The molecular formula is C46H27BrN2. The number of aromatic nitrogens is 2. The van der Waals surface area contributed by atoms with Crippen LogP contribution in [0.4, 0.5) is 0 Å². The lowest BCUT2D eigenvalue weighted by molar-refractivity contribution is 1.18. The molecule has 0 fully saturated rings. The van der Waals surface area contributed by atoms with Gasteiger partial charge >= 0.3 is 0 Å². The number of para-hydroxylation sites is 3. The summed E-state index contributed by atoms with van der Waals surface area (Å²) in [6, 6.07) is 60.2. The molecular weight excluding hydrogens is 660 g/mol. The second-order valence-corrected chi connectivity index (χ2v) is 14.0. The predicted octanol–water partition coefficient (Wildman–Crippen LogP) is 13.1. The molecule has 1 aliphatic carbocycles. The number of hydrogen-bond acceptors (Lipinski definition) is 0. The highest BCUT2D eigenvalue weighted by Gasteiger charge is 2.24. The summed E-state index contributed by atoms with van der Waals surface area (Å²) in [5.41, 5.74) is 14.9. The molecule has 0 saturated heterocycles. The zero-order chi connectivity index (χ0) is 32.2. The van der Waals surface area contributed by atoms with Crippen LogP contribution in [0, 0.1) is 0 Å². The van der Waals surface area contributed by atoms with Crippen LogP contribution in [0.25, 0.3) is 99.1 Å². The fourth-order valence-electron chi connectivity index (χ4n) is 8.43. The van der Waals surface area contributed by atoms with Gasteiger partial charge in [-0.15, -0.1) is 0 Å². The Morgan fingerprint density at radius 1 is 0.347 bits per heavy atom. The standard InChI is InChI=1S/C46H27BrN2/c47-30-19-20-32-36-21-24-43(37-14-8-13-35(46(36)37)38(32)27-30)49-42-16-7-5-12-34(42)40-26-29(18-23-45(40)49)28-17-22-44-39(25-28)33-11-4-6-15-41(33)48(44)31-9-2-1-3-10-31/h1-27H. The maximum atomic E-state index is 3.71. The van der Waals surface area contributed by atoms with E-state index in [2.05, 4.69) is 189 Å². The SMILES string of the molecule is Brc1ccc2c(c1)-c1cccc3c(-n4c5ccccc5c5cc(-c6ccc7c(c6)c6ccccc6n7-c6ccccc6)ccc54)ccc-2c13. The first-order valence-electron chi connectivity index (χ1n) is 16.7. The van der Waals surface area contributed by atoms with E-state index in [9.17, 15) is 0 Å². The normalized spacial score (nSPS) is 12.2. The monoisotopic (exact) mass is 686 g/mol. The van der Waals surface area contributed by atoms with Gasteiger partial charge in [0.05, 0.1) is 27.8 Å². The minimum Gasteiger partial charge on any atom is -0.309 e. The van der Waals surface area contributed by atoms with E-state index in [1.54, 1.807) is 0 Å². The van der Waals surface area contributed by atoms with Crippen LogP contribution in [0.5, 0.6) is 0 Å². The van der Waals surface area contributed by atoms with Crippen molar-refractivity contribution in [3.05, 3.63) is 168 Å². The number of nitrogens with zero attached hydrogens (tertiary/aromatic N) is 2. The van der Waals surface area contributed by atoms with Crippen LogP contribution >= 0.6 is 15.9 Å². The van der Waals surface area contributed by atoms with Gasteiger partial charge in [0.25, 0.3) is 0 Å². The maximum absolute atomic E-state index is 3.71. The Morgan fingerprint density at radius 2 is 0.918 bits per heavy atom. The van der Waals surface area contributed by atoms with Crippen LogP contribution in [0.1, 0.15) is 0 Å². The summed E-state index contributed by atoms with van der Waals surface area (Å²) in [5, 5.41) is 7.66. The molecule has 2 aromatic heterocycles. The highest BCUT2D eigenvalue weighted by Crippen LogP contribution is 2.50. The van der Waals surface area contributed by atoms with Gasteiger partial charge in [0.1, 0.15) is 0 Å². The molecule has 0 saturated carbocycles. The Hall–Kier alpha value is -5.90. The Bertz CT molecular complexity index is 3000. The molecule has 49 heavy (non-hydrogen) atoms. The first kappa shape index (κ1) is 27.1. The molecule has 0 atom stereocenters. The minimum absolute atomic E-state index is 1.11. The van der Waals surface area contributed by atoms with E-state index in [0.717, 1.165) is 4.47 Å². The highest BCUT2D eigenvalue weighted by atomic mass is 79.9. The molecule has 0 radical (unpaired) electrons. The molecule has 10 aromatic rings. The van der Waals surface area contributed by atoms with Crippen LogP contribution in [0.2, 0.25) is 0 Å². The van der Waals surface area contributed by atoms with Crippen molar-refractivity contribution < 1.29 is 0 Å². The lowest BCUT2D eigenvalue weighted by Crippen LogP contribution is -1.95. The van der Waals surface area contributed by atoms with E-state index in [4.69, 9.17) is 0 Å². The average molecular weight is 688 g/mol. The molecule has 3 heteroatoms. The van der Waals surface area contributed by atoms with Crippen molar-refractivity contribution >= 4 is 70.3 Å². The Balaban J connectivity index is 1.12. The largest absolute Gasteiger partial charge is 0.309 e. The topological polar surface area (TPSA) is 9.86 Å². The van der Waals surface area contributed by atoms with Crippen molar-refractivity contribution in [3.8, 4) is 44.8 Å². The number of fused-ring (bicyclic) bond motifs is 9. The summed E-state index contributed by atoms with van der Waals surface area (Å²) in [7, 11) is 0. The number of rotatable bonds is 3.